The Labute approximate surface area is 164 Å². The predicted molar refractivity (Wildman–Crippen MR) is 103 cm³/mol. The maximum atomic E-state index is 12.2. The van der Waals surface area contributed by atoms with Crippen molar-refractivity contribution in [2.24, 2.45) is 0 Å². The van der Waals surface area contributed by atoms with Crippen molar-refractivity contribution >= 4 is 23.6 Å². The zero-order chi connectivity index (χ0) is 20.5. The van der Waals surface area contributed by atoms with Crippen molar-refractivity contribution in [1.29, 1.82) is 0 Å². The topological polar surface area (TPSA) is 106 Å². The Kier molecular flexibility index (Phi) is 7.91. The molecule has 1 aromatic rings. The molecule has 1 saturated heterocycles. The fourth-order valence-electron chi connectivity index (χ4n) is 2.94. The van der Waals surface area contributed by atoms with Crippen molar-refractivity contribution in [3.63, 3.8) is 0 Å². The molecule has 0 aliphatic carbocycles. The maximum Gasteiger partial charge on any atom is 0.409 e. The molecule has 1 fully saturated rings. The quantitative estimate of drug-likeness (QED) is 0.684. The Bertz CT molecular complexity index is 701. The molecular formula is C19H27N3O6. The highest BCUT2D eigenvalue weighted by molar-refractivity contribution is 6.04. The van der Waals surface area contributed by atoms with Crippen LogP contribution in [0.4, 0.5) is 10.5 Å². The van der Waals surface area contributed by atoms with E-state index in [0.29, 0.717) is 49.7 Å². The number of nitrogens with one attached hydrogen (secondary N) is 2. The van der Waals surface area contributed by atoms with Crippen molar-refractivity contribution in [2.75, 3.05) is 39.2 Å². The Morgan fingerprint density at radius 2 is 1.82 bits per heavy atom. The average Bonchev–Trinajstić information content (AvgIpc) is 2.68. The van der Waals surface area contributed by atoms with E-state index in [-0.39, 0.29) is 24.5 Å². The van der Waals surface area contributed by atoms with Gasteiger partial charge in [-0.3, -0.25) is 9.59 Å². The lowest BCUT2D eigenvalue weighted by Gasteiger charge is -2.31. The van der Waals surface area contributed by atoms with Crippen LogP contribution in [0.25, 0.3) is 0 Å². The Morgan fingerprint density at radius 3 is 2.43 bits per heavy atom. The summed E-state index contributed by atoms with van der Waals surface area (Å²) >= 11 is 0. The first-order chi connectivity index (χ1) is 13.5. The van der Waals surface area contributed by atoms with Crippen LogP contribution < -0.4 is 20.1 Å². The number of hydrogen-bond donors (Lipinski definition) is 2. The molecule has 0 atom stereocenters. The summed E-state index contributed by atoms with van der Waals surface area (Å²) in [5, 5.41) is 5.51. The summed E-state index contributed by atoms with van der Waals surface area (Å²) in [5.74, 6) is 0.241. The minimum Gasteiger partial charge on any atom is -0.497 e. The van der Waals surface area contributed by atoms with E-state index >= 15 is 0 Å². The fraction of sp³-hybridized carbons (Fsp3) is 0.526. The van der Waals surface area contributed by atoms with Crippen LogP contribution in [0, 0.1) is 0 Å². The molecule has 1 aliphatic heterocycles. The number of rotatable bonds is 7. The number of benzene rings is 1. The highest BCUT2D eigenvalue weighted by atomic mass is 16.6. The Hall–Kier alpha value is -2.97. The van der Waals surface area contributed by atoms with Crippen molar-refractivity contribution in [3.8, 4) is 11.5 Å². The largest absolute Gasteiger partial charge is 0.497 e. The lowest BCUT2D eigenvalue weighted by Crippen LogP contribution is -2.47. The van der Waals surface area contributed by atoms with Gasteiger partial charge in [-0.1, -0.05) is 0 Å². The molecule has 2 N–H and O–H groups in total. The van der Waals surface area contributed by atoms with Gasteiger partial charge in [-0.25, -0.2) is 4.79 Å². The van der Waals surface area contributed by atoms with Crippen molar-refractivity contribution in [1.82, 2.24) is 10.2 Å². The van der Waals surface area contributed by atoms with Crippen LogP contribution in [0.5, 0.6) is 11.5 Å². The van der Waals surface area contributed by atoms with Gasteiger partial charge in [0, 0.05) is 25.2 Å². The monoisotopic (exact) mass is 393 g/mol. The number of ether oxygens (including phenoxy) is 3. The van der Waals surface area contributed by atoms with Gasteiger partial charge >= 0.3 is 6.09 Å². The van der Waals surface area contributed by atoms with Crippen LogP contribution in [-0.2, 0) is 14.3 Å². The summed E-state index contributed by atoms with van der Waals surface area (Å²) < 4.78 is 15.3. The molecule has 0 bridgehead atoms. The van der Waals surface area contributed by atoms with Crippen LogP contribution in [0.2, 0.25) is 0 Å². The molecule has 3 amide bonds. The van der Waals surface area contributed by atoms with Gasteiger partial charge in [0.1, 0.15) is 17.9 Å². The normalized spacial score (nSPS) is 14.2. The number of amides is 3. The summed E-state index contributed by atoms with van der Waals surface area (Å²) in [6.07, 6.45) is 0.615. The predicted octanol–water partition coefficient (Wildman–Crippen LogP) is 1.77. The van der Waals surface area contributed by atoms with Crippen LogP contribution in [0.3, 0.4) is 0 Å². The van der Waals surface area contributed by atoms with E-state index in [4.69, 9.17) is 14.2 Å². The van der Waals surface area contributed by atoms with Crippen LogP contribution >= 0.6 is 0 Å². The minimum absolute atomic E-state index is 0.0681. The molecule has 9 nitrogen and oxygen atoms in total. The van der Waals surface area contributed by atoms with E-state index < -0.39 is 5.91 Å². The Morgan fingerprint density at radius 1 is 1.11 bits per heavy atom. The molecule has 154 valence electrons. The second-order valence-electron chi connectivity index (χ2n) is 6.32. The first kappa shape index (κ1) is 21.3. The van der Waals surface area contributed by atoms with E-state index in [1.54, 1.807) is 30.0 Å². The molecule has 2 rings (SSSR count). The average molecular weight is 393 g/mol. The summed E-state index contributed by atoms with van der Waals surface area (Å²) in [6.45, 7) is 3.12. The van der Waals surface area contributed by atoms with Gasteiger partial charge in [-0.2, -0.15) is 0 Å². The number of methoxy groups -OCH3 is 2. The number of piperidine rings is 1. The standard InChI is InChI=1S/C19H27N3O6/c1-4-28-19(25)22-9-7-13(8-10-22)20-17(23)12-18(24)21-15-6-5-14(26-2)11-16(15)27-3/h5-6,11,13H,4,7-10,12H2,1-3H3,(H,20,23)(H,21,24). The summed E-state index contributed by atoms with van der Waals surface area (Å²) in [5.41, 5.74) is 0.462. The van der Waals surface area contributed by atoms with Crippen molar-refractivity contribution < 1.29 is 28.6 Å². The highest BCUT2D eigenvalue weighted by Gasteiger charge is 2.25. The summed E-state index contributed by atoms with van der Waals surface area (Å²) in [6, 6.07) is 4.92. The first-order valence-electron chi connectivity index (χ1n) is 9.19. The van der Waals surface area contributed by atoms with Crippen molar-refractivity contribution in [2.45, 2.75) is 32.2 Å². The SMILES string of the molecule is CCOC(=O)N1CCC(NC(=O)CC(=O)Nc2ccc(OC)cc2OC)CC1. The number of nitrogens with zero attached hydrogens (tertiary/aromatic N) is 1. The molecule has 0 spiro atoms. The third-order valence-corrected chi connectivity index (χ3v) is 4.39. The van der Waals surface area contributed by atoms with Gasteiger partial charge in [-0.05, 0) is 31.9 Å². The zero-order valence-electron chi connectivity index (χ0n) is 16.4. The molecule has 28 heavy (non-hydrogen) atoms. The molecule has 1 aliphatic rings. The smallest absolute Gasteiger partial charge is 0.409 e. The van der Waals surface area contributed by atoms with Gasteiger partial charge in [0.25, 0.3) is 0 Å². The number of hydrogen-bond acceptors (Lipinski definition) is 6. The van der Waals surface area contributed by atoms with Gasteiger partial charge in [0.2, 0.25) is 11.8 Å². The van der Waals surface area contributed by atoms with Gasteiger partial charge in [0.15, 0.2) is 0 Å². The van der Waals surface area contributed by atoms with Crippen LogP contribution in [-0.4, -0.2) is 62.8 Å². The number of anilines is 1. The highest BCUT2D eigenvalue weighted by Crippen LogP contribution is 2.29. The zero-order valence-corrected chi connectivity index (χ0v) is 16.4. The molecule has 0 aromatic heterocycles. The molecule has 9 heteroatoms. The van der Waals surface area contributed by atoms with Gasteiger partial charge in [-0.15, -0.1) is 0 Å². The molecule has 0 unspecified atom stereocenters. The molecule has 0 saturated carbocycles. The van der Waals surface area contributed by atoms with Crippen molar-refractivity contribution in [3.05, 3.63) is 18.2 Å². The molecule has 0 radical (unpaired) electrons. The first-order valence-corrected chi connectivity index (χ1v) is 9.19. The summed E-state index contributed by atoms with van der Waals surface area (Å²) in [4.78, 5) is 37.6. The van der Waals surface area contributed by atoms with Gasteiger partial charge < -0.3 is 29.7 Å². The number of carbonyl (C=O) groups excluding carboxylic acids is 3. The number of carbonyl (C=O) groups is 3. The van der Waals surface area contributed by atoms with E-state index in [0.717, 1.165) is 0 Å². The second-order valence-corrected chi connectivity index (χ2v) is 6.32. The lowest BCUT2D eigenvalue weighted by molar-refractivity contribution is -0.127. The molecular weight excluding hydrogens is 366 g/mol. The van der Waals surface area contributed by atoms with Crippen LogP contribution in [0.1, 0.15) is 26.2 Å². The minimum atomic E-state index is -0.440. The Balaban J connectivity index is 1.79. The lowest BCUT2D eigenvalue weighted by atomic mass is 10.1. The third kappa shape index (κ3) is 6.04. The number of likely N-dealkylation sites (tertiary alicyclic amines) is 1. The van der Waals surface area contributed by atoms with E-state index in [1.165, 1.54) is 14.2 Å². The van der Waals surface area contributed by atoms with E-state index in [2.05, 4.69) is 10.6 Å². The second kappa shape index (κ2) is 10.4. The van der Waals surface area contributed by atoms with Crippen LogP contribution in [0.15, 0.2) is 18.2 Å². The van der Waals surface area contributed by atoms with E-state index in [1.807, 2.05) is 0 Å². The van der Waals surface area contributed by atoms with E-state index in [9.17, 15) is 14.4 Å². The molecule has 1 aromatic carbocycles. The molecule has 1 heterocycles. The maximum absolute atomic E-state index is 12.2. The summed E-state index contributed by atoms with van der Waals surface area (Å²) in [7, 11) is 3.02. The fourth-order valence-corrected chi connectivity index (χ4v) is 2.94. The third-order valence-electron chi connectivity index (χ3n) is 4.39. The van der Waals surface area contributed by atoms with Gasteiger partial charge in [0.05, 0.1) is 26.5 Å².